The second kappa shape index (κ2) is 7.80. The number of nitrogens with one attached hydrogen (secondary N) is 2. The predicted octanol–water partition coefficient (Wildman–Crippen LogP) is 3.70. The molecule has 0 saturated heterocycles. The maximum Gasteiger partial charge on any atom is 0.317 e. The van der Waals surface area contributed by atoms with E-state index in [9.17, 15) is 4.79 Å². The number of amides is 2. The van der Waals surface area contributed by atoms with Gasteiger partial charge in [0.05, 0.1) is 0 Å². The van der Waals surface area contributed by atoms with Crippen LogP contribution < -0.4 is 10.6 Å². The van der Waals surface area contributed by atoms with Gasteiger partial charge in [0, 0.05) is 32.7 Å². The highest BCUT2D eigenvalue weighted by Crippen LogP contribution is 2.17. The van der Waals surface area contributed by atoms with E-state index in [1.807, 2.05) is 19.2 Å². The highest BCUT2D eigenvalue weighted by atomic mass is 16.2. The van der Waals surface area contributed by atoms with E-state index in [4.69, 9.17) is 0 Å². The van der Waals surface area contributed by atoms with E-state index in [0.29, 0.717) is 13.1 Å². The normalized spacial score (nSPS) is 16.0. The van der Waals surface area contributed by atoms with Crippen molar-refractivity contribution in [1.29, 1.82) is 0 Å². The Hall–Kier alpha value is -2.85. The molecule has 138 valence electrons. The van der Waals surface area contributed by atoms with Crippen molar-refractivity contribution in [3.8, 4) is 0 Å². The van der Waals surface area contributed by atoms with Crippen LogP contribution in [0.4, 0.5) is 4.79 Å². The zero-order valence-corrected chi connectivity index (χ0v) is 15.6. The highest BCUT2D eigenvalue weighted by Gasteiger charge is 2.18. The van der Waals surface area contributed by atoms with Gasteiger partial charge in [0.15, 0.2) is 0 Å². The first kappa shape index (κ1) is 17.6. The van der Waals surface area contributed by atoms with Crippen molar-refractivity contribution >= 4 is 16.8 Å². The summed E-state index contributed by atoms with van der Waals surface area (Å²) in [5.41, 5.74) is 3.87. The molecule has 0 aromatic heterocycles. The molecular weight excluding hydrogens is 334 g/mol. The molecule has 0 saturated carbocycles. The molecule has 0 bridgehead atoms. The van der Waals surface area contributed by atoms with Crippen LogP contribution in [0.5, 0.6) is 0 Å². The lowest BCUT2D eigenvalue weighted by atomic mass is 9.96. The smallest absolute Gasteiger partial charge is 0.317 e. The van der Waals surface area contributed by atoms with E-state index in [-0.39, 0.29) is 12.1 Å². The minimum Gasteiger partial charge on any atom is -0.336 e. The van der Waals surface area contributed by atoms with Crippen molar-refractivity contribution in [2.45, 2.75) is 25.6 Å². The number of fused-ring (bicyclic) bond motifs is 2. The van der Waals surface area contributed by atoms with Crippen LogP contribution in [0, 0.1) is 0 Å². The third-order valence-corrected chi connectivity index (χ3v) is 5.25. The molecule has 2 amide bonds. The third-order valence-electron chi connectivity index (χ3n) is 5.25. The van der Waals surface area contributed by atoms with Gasteiger partial charge < -0.3 is 15.5 Å². The molecular formula is C23H25N3O. The molecule has 4 rings (SSSR count). The van der Waals surface area contributed by atoms with Crippen molar-refractivity contribution in [2.75, 3.05) is 13.6 Å². The van der Waals surface area contributed by atoms with Gasteiger partial charge in [0.1, 0.15) is 0 Å². The van der Waals surface area contributed by atoms with Crippen molar-refractivity contribution in [3.05, 3.63) is 83.4 Å². The zero-order chi connectivity index (χ0) is 18.6. The summed E-state index contributed by atoms with van der Waals surface area (Å²) in [5.74, 6) is 0. The summed E-state index contributed by atoms with van der Waals surface area (Å²) in [6, 6.07) is 23.4. The zero-order valence-electron chi connectivity index (χ0n) is 15.6. The number of benzene rings is 3. The maximum absolute atomic E-state index is 12.5. The molecule has 0 unspecified atom stereocenters. The molecule has 0 spiro atoms. The average Bonchev–Trinajstić information content (AvgIpc) is 2.71. The average molecular weight is 359 g/mol. The van der Waals surface area contributed by atoms with E-state index in [1.165, 1.54) is 21.9 Å². The summed E-state index contributed by atoms with van der Waals surface area (Å²) in [5, 5.41) is 8.99. The summed E-state index contributed by atoms with van der Waals surface area (Å²) in [7, 11) is 1.84. The number of urea groups is 1. The second-order valence-corrected chi connectivity index (χ2v) is 7.27. The molecule has 27 heavy (non-hydrogen) atoms. The molecule has 2 N–H and O–H groups in total. The second-order valence-electron chi connectivity index (χ2n) is 7.27. The summed E-state index contributed by atoms with van der Waals surface area (Å²) in [6.07, 6.45) is 0.949. The van der Waals surface area contributed by atoms with Gasteiger partial charge in [-0.05, 0) is 39.9 Å². The fourth-order valence-electron chi connectivity index (χ4n) is 3.69. The van der Waals surface area contributed by atoms with Crippen LogP contribution in [0.2, 0.25) is 0 Å². The lowest BCUT2D eigenvalue weighted by Gasteiger charge is -2.27. The van der Waals surface area contributed by atoms with Crippen LogP contribution >= 0.6 is 0 Å². The molecule has 0 fully saturated rings. The van der Waals surface area contributed by atoms with Crippen molar-refractivity contribution in [3.63, 3.8) is 0 Å². The van der Waals surface area contributed by atoms with Gasteiger partial charge >= 0.3 is 6.03 Å². The lowest BCUT2D eigenvalue weighted by Crippen LogP contribution is -2.47. The van der Waals surface area contributed by atoms with E-state index in [0.717, 1.165) is 18.5 Å². The third kappa shape index (κ3) is 4.12. The number of rotatable bonds is 4. The summed E-state index contributed by atoms with van der Waals surface area (Å²) in [6.45, 7) is 2.09. The quantitative estimate of drug-likeness (QED) is 0.746. The Labute approximate surface area is 160 Å². The standard InChI is InChI=1S/C23H25N3O/c1-26(16-17-10-11-18-6-2-3-7-19(18)12-17)23(27)25-15-22-13-20-8-4-5-9-21(20)14-24-22/h2-12,22,24H,13-16H2,1H3,(H,25,27)/t22-/m0/s1. The molecule has 1 atom stereocenters. The molecule has 3 aromatic carbocycles. The minimum atomic E-state index is -0.0381. The molecule has 1 aliphatic heterocycles. The van der Waals surface area contributed by atoms with Crippen LogP contribution in [0.15, 0.2) is 66.7 Å². The summed E-state index contributed by atoms with van der Waals surface area (Å²) in [4.78, 5) is 14.2. The van der Waals surface area contributed by atoms with Gasteiger partial charge in [-0.3, -0.25) is 0 Å². The molecule has 4 nitrogen and oxygen atoms in total. The Kier molecular flexibility index (Phi) is 5.07. The van der Waals surface area contributed by atoms with Crippen molar-refractivity contribution in [1.82, 2.24) is 15.5 Å². The van der Waals surface area contributed by atoms with Gasteiger partial charge in [-0.25, -0.2) is 4.79 Å². The number of carbonyl (C=O) groups excluding carboxylic acids is 1. The molecule has 1 aliphatic rings. The van der Waals surface area contributed by atoms with Crippen molar-refractivity contribution in [2.24, 2.45) is 0 Å². The number of hydrogen-bond acceptors (Lipinski definition) is 2. The van der Waals surface area contributed by atoms with Crippen LogP contribution in [-0.2, 0) is 19.5 Å². The molecule has 1 heterocycles. The fraction of sp³-hybridized carbons (Fsp3) is 0.261. The van der Waals surface area contributed by atoms with E-state index in [2.05, 4.69) is 65.2 Å². The van der Waals surface area contributed by atoms with Crippen LogP contribution in [0.25, 0.3) is 10.8 Å². The largest absolute Gasteiger partial charge is 0.336 e. The maximum atomic E-state index is 12.5. The van der Waals surface area contributed by atoms with Gasteiger partial charge in [0.2, 0.25) is 0 Å². The molecule has 0 radical (unpaired) electrons. The molecule has 4 heteroatoms. The molecule has 0 aliphatic carbocycles. The first-order valence-electron chi connectivity index (χ1n) is 9.46. The summed E-state index contributed by atoms with van der Waals surface area (Å²) >= 11 is 0. The van der Waals surface area contributed by atoms with Crippen LogP contribution in [0.3, 0.4) is 0 Å². The fourth-order valence-corrected chi connectivity index (χ4v) is 3.69. The van der Waals surface area contributed by atoms with Crippen LogP contribution in [0.1, 0.15) is 16.7 Å². The predicted molar refractivity (Wildman–Crippen MR) is 110 cm³/mol. The van der Waals surface area contributed by atoms with Gasteiger partial charge in [0.25, 0.3) is 0 Å². The van der Waals surface area contributed by atoms with E-state index >= 15 is 0 Å². The SMILES string of the molecule is CN(Cc1ccc2ccccc2c1)C(=O)NC[C@@H]1Cc2ccccc2CN1. The van der Waals surface area contributed by atoms with E-state index < -0.39 is 0 Å². The Morgan fingerprint density at radius 1 is 1.04 bits per heavy atom. The van der Waals surface area contributed by atoms with E-state index in [1.54, 1.807) is 4.90 Å². The van der Waals surface area contributed by atoms with Crippen LogP contribution in [-0.4, -0.2) is 30.6 Å². The minimum absolute atomic E-state index is 0.0381. The van der Waals surface area contributed by atoms with Gasteiger partial charge in [-0.2, -0.15) is 0 Å². The van der Waals surface area contributed by atoms with Crippen molar-refractivity contribution < 1.29 is 4.79 Å². The van der Waals surface area contributed by atoms with Gasteiger partial charge in [-0.15, -0.1) is 0 Å². The molecule has 3 aromatic rings. The first-order valence-corrected chi connectivity index (χ1v) is 9.46. The number of nitrogens with zero attached hydrogens (tertiary/aromatic N) is 1. The topological polar surface area (TPSA) is 44.4 Å². The highest BCUT2D eigenvalue weighted by molar-refractivity contribution is 5.83. The van der Waals surface area contributed by atoms with Gasteiger partial charge in [-0.1, -0.05) is 60.7 Å². The number of hydrogen-bond donors (Lipinski definition) is 2. The Morgan fingerprint density at radius 3 is 2.63 bits per heavy atom. The summed E-state index contributed by atoms with van der Waals surface area (Å²) < 4.78 is 0. The first-order chi connectivity index (χ1) is 13.2. The number of carbonyl (C=O) groups is 1. The monoisotopic (exact) mass is 359 g/mol. The lowest BCUT2D eigenvalue weighted by molar-refractivity contribution is 0.205. The Bertz CT molecular complexity index is 953. The Morgan fingerprint density at radius 2 is 1.78 bits per heavy atom. The Balaban J connectivity index is 1.31.